The Hall–Kier alpha value is -2.35. The third-order valence-electron chi connectivity index (χ3n) is 5.25. The number of benzene rings is 2. The highest BCUT2D eigenvalue weighted by molar-refractivity contribution is 7.89. The molecule has 1 saturated heterocycles. The number of rotatable bonds is 4. The highest BCUT2D eigenvalue weighted by Gasteiger charge is 2.33. The topological polar surface area (TPSA) is 58.4 Å². The molecule has 6 nitrogen and oxygen atoms in total. The average Bonchev–Trinajstić information content (AvgIpc) is 3.04. The molecule has 152 valence electrons. The molecule has 0 spiro atoms. The zero-order valence-electron chi connectivity index (χ0n) is 16.4. The van der Waals surface area contributed by atoms with Gasteiger partial charge in [-0.15, -0.1) is 0 Å². The SMILES string of the molecule is Cc1nn(-c2ccccc2)c(C)c1S(=O)(=O)N1CCN(c2ccc(Cl)cc2)CC1. The van der Waals surface area contributed by atoms with Crippen LogP contribution in [0.4, 0.5) is 5.69 Å². The van der Waals surface area contributed by atoms with Crippen LogP contribution in [0.3, 0.4) is 0 Å². The van der Waals surface area contributed by atoms with Crippen molar-refractivity contribution in [2.75, 3.05) is 31.1 Å². The standard InChI is InChI=1S/C21H23ClN4O2S/c1-16-21(17(2)26(23-16)20-6-4-3-5-7-20)29(27,28)25-14-12-24(13-15-25)19-10-8-18(22)9-11-19/h3-11H,12-15H2,1-2H3. The van der Waals surface area contributed by atoms with Crippen molar-refractivity contribution in [3.63, 3.8) is 0 Å². The van der Waals surface area contributed by atoms with Crippen LogP contribution in [0.2, 0.25) is 5.02 Å². The van der Waals surface area contributed by atoms with Crippen molar-refractivity contribution in [2.24, 2.45) is 0 Å². The van der Waals surface area contributed by atoms with Crippen LogP contribution in [0.1, 0.15) is 11.4 Å². The van der Waals surface area contributed by atoms with Crippen molar-refractivity contribution in [1.29, 1.82) is 0 Å². The number of halogens is 1. The molecule has 1 aliphatic heterocycles. The van der Waals surface area contributed by atoms with Gasteiger partial charge in [0.1, 0.15) is 4.90 Å². The largest absolute Gasteiger partial charge is 0.369 e. The maximum atomic E-state index is 13.4. The number of nitrogens with zero attached hydrogens (tertiary/aromatic N) is 4. The van der Waals surface area contributed by atoms with Crippen LogP contribution in [0.15, 0.2) is 59.5 Å². The van der Waals surface area contributed by atoms with Crippen molar-refractivity contribution in [2.45, 2.75) is 18.7 Å². The number of aryl methyl sites for hydroxylation is 1. The summed E-state index contributed by atoms with van der Waals surface area (Å²) in [5.41, 5.74) is 3.05. The molecule has 0 bridgehead atoms. The van der Waals surface area contributed by atoms with Gasteiger partial charge in [0.05, 0.1) is 17.1 Å². The molecule has 29 heavy (non-hydrogen) atoms. The Bertz CT molecular complexity index is 1100. The molecular weight excluding hydrogens is 408 g/mol. The minimum atomic E-state index is -3.62. The van der Waals surface area contributed by atoms with Gasteiger partial charge < -0.3 is 4.90 Å². The Kier molecular flexibility index (Phi) is 5.38. The van der Waals surface area contributed by atoms with Crippen LogP contribution < -0.4 is 4.90 Å². The molecule has 2 heterocycles. The van der Waals surface area contributed by atoms with Gasteiger partial charge in [-0.1, -0.05) is 29.8 Å². The smallest absolute Gasteiger partial charge is 0.246 e. The van der Waals surface area contributed by atoms with Crippen molar-refractivity contribution in [3.05, 3.63) is 71.0 Å². The molecule has 0 amide bonds. The van der Waals surface area contributed by atoms with Gasteiger partial charge in [0.2, 0.25) is 10.0 Å². The highest BCUT2D eigenvalue weighted by Crippen LogP contribution is 2.27. The first-order valence-electron chi connectivity index (χ1n) is 9.50. The van der Waals surface area contributed by atoms with E-state index in [-0.39, 0.29) is 0 Å². The zero-order chi connectivity index (χ0) is 20.6. The molecule has 1 aromatic heterocycles. The Morgan fingerprint density at radius 2 is 1.48 bits per heavy atom. The van der Waals surface area contributed by atoms with E-state index in [2.05, 4.69) is 10.00 Å². The van der Waals surface area contributed by atoms with Crippen LogP contribution in [0, 0.1) is 13.8 Å². The molecule has 1 aliphatic rings. The van der Waals surface area contributed by atoms with E-state index in [1.54, 1.807) is 15.9 Å². The minimum absolute atomic E-state index is 0.307. The molecule has 0 saturated carbocycles. The van der Waals surface area contributed by atoms with Gasteiger partial charge in [-0.05, 0) is 50.2 Å². The van der Waals surface area contributed by atoms with Gasteiger partial charge >= 0.3 is 0 Å². The van der Waals surface area contributed by atoms with Gasteiger partial charge in [0.25, 0.3) is 0 Å². The van der Waals surface area contributed by atoms with Gasteiger partial charge in [-0.25, -0.2) is 13.1 Å². The maximum absolute atomic E-state index is 13.4. The van der Waals surface area contributed by atoms with Crippen molar-refractivity contribution in [3.8, 4) is 5.69 Å². The summed E-state index contributed by atoms with van der Waals surface area (Å²) < 4.78 is 30.1. The van der Waals surface area contributed by atoms with Gasteiger partial charge in [-0.2, -0.15) is 9.40 Å². The van der Waals surface area contributed by atoms with Gasteiger partial charge in [0.15, 0.2) is 0 Å². The minimum Gasteiger partial charge on any atom is -0.369 e. The Labute approximate surface area is 176 Å². The van der Waals surface area contributed by atoms with E-state index in [4.69, 9.17) is 11.6 Å². The first-order valence-corrected chi connectivity index (χ1v) is 11.3. The first-order chi connectivity index (χ1) is 13.9. The molecule has 0 aliphatic carbocycles. The normalized spacial score (nSPS) is 15.6. The molecule has 0 atom stereocenters. The second-order valence-corrected chi connectivity index (χ2v) is 9.43. The maximum Gasteiger partial charge on any atom is 0.246 e. The van der Waals surface area contributed by atoms with E-state index in [0.717, 1.165) is 11.4 Å². The summed E-state index contributed by atoms with van der Waals surface area (Å²) in [5.74, 6) is 0. The molecule has 0 radical (unpaired) electrons. The second kappa shape index (κ2) is 7.82. The number of piperazine rings is 1. The molecule has 4 rings (SSSR count). The fraction of sp³-hybridized carbons (Fsp3) is 0.286. The fourth-order valence-corrected chi connectivity index (χ4v) is 5.69. The predicted molar refractivity (Wildman–Crippen MR) is 115 cm³/mol. The summed E-state index contributed by atoms with van der Waals surface area (Å²) in [5, 5.41) is 5.19. The number of para-hydroxylation sites is 1. The first kappa shape index (κ1) is 19.9. The predicted octanol–water partition coefficient (Wildman–Crippen LogP) is 3.65. The Morgan fingerprint density at radius 3 is 2.10 bits per heavy atom. The van der Waals surface area contributed by atoms with E-state index in [0.29, 0.717) is 47.5 Å². The summed E-state index contributed by atoms with van der Waals surface area (Å²) in [4.78, 5) is 2.48. The molecule has 0 N–H and O–H groups in total. The van der Waals surface area contributed by atoms with Crippen molar-refractivity contribution < 1.29 is 8.42 Å². The second-order valence-electron chi connectivity index (χ2n) is 7.11. The molecule has 3 aromatic rings. The third kappa shape index (κ3) is 3.77. The van der Waals surface area contributed by atoms with E-state index < -0.39 is 10.0 Å². The van der Waals surface area contributed by atoms with E-state index in [1.807, 2.05) is 61.5 Å². The molecule has 0 unspecified atom stereocenters. The molecule has 2 aromatic carbocycles. The van der Waals surface area contributed by atoms with Crippen LogP contribution in [0.25, 0.3) is 5.69 Å². The number of hydrogen-bond donors (Lipinski definition) is 0. The number of hydrogen-bond acceptors (Lipinski definition) is 4. The monoisotopic (exact) mass is 430 g/mol. The van der Waals surface area contributed by atoms with Crippen molar-refractivity contribution >= 4 is 27.3 Å². The highest BCUT2D eigenvalue weighted by atomic mass is 35.5. The Morgan fingerprint density at radius 1 is 0.862 bits per heavy atom. The van der Waals surface area contributed by atoms with Crippen LogP contribution in [-0.4, -0.2) is 48.7 Å². The fourth-order valence-electron chi connectivity index (χ4n) is 3.79. The summed E-state index contributed by atoms with van der Waals surface area (Å²) >= 11 is 5.96. The molecular formula is C21H23ClN4O2S. The molecule has 8 heteroatoms. The lowest BCUT2D eigenvalue weighted by Crippen LogP contribution is -2.48. The van der Waals surface area contributed by atoms with Crippen LogP contribution >= 0.6 is 11.6 Å². The van der Waals surface area contributed by atoms with E-state index in [9.17, 15) is 8.42 Å². The quantitative estimate of drug-likeness (QED) is 0.633. The van der Waals surface area contributed by atoms with Crippen molar-refractivity contribution in [1.82, 2.24) is 14.1 Å². The third-order valence-corrected chi connectivity index (χ3v) is 7.66. The lowest BCUT2D eigenvalue weighted by molar-refractivity contribution is 0.384. The van der Waals surface area contributed by atoms with Crippen LogP contribution in [-0.2, 0) is 10.0 Å². The summed E-state index contributed by atoms with van der Waals surface area (Å²) in [6.07, 6.45) is 0. The van der Waals surface area contributed by atoms with E-state index >= 15 is 0 Å². The average molecular weight is 431 g/mol. The van der Waals surface area contributed by atoms with Crippen LogP contribution in [0.5, 0.6) is 0 Å². The zero-order valence-corrected chi connectivity index (χ0v) is 18.0. The van der Waals surface area contributed by atoms with E-state index in [1.165, 1.54) is 0 Å². The summed E-state index contributed by atoms with van der Waals surface area (Å²) in [7, 11) is -3.62. The van der Waals surface area contributed by atoms with Gasteiger partial charge in [0, 0.05) is 36.9 Å². The lowest BCUT2D eigenvalue weighted by atomic mass is 10.2. The Balaban J connectivity index is 1.57. The summed E-state index contributed by atoms with van der Waals surface area (Å²) in [6, 6.07) is 17.2. The lowest BCUT2D eigenvalue weighted by Gasteiger charge is -2.35. The number of anilines is 1. The number of aromatic nitrogens is 2. The van der Waals surface area contributed by atoms with Gasteiger partial charge in [-0.3, -0.25) is 0 Å². The summed E-state index contributed by atoms with van der Waals surface area (Å²) in [6.45, 7) is 5.69. The number of sulfonamides is 1. The molecule has 1 fully saturated rings.